The number of rotatable bonds is 5. The third kappa shape index (κ3) is 3.22. The van der Waals surface area contributed by atoms with Gasteiger partial charge in [0.25, 0.3) is 0 Å². The summed E-state index contributed by atoms with van der Waals surface area (Å²) in [6.07, 6.45) is 0. The highest BCUT2D eigenvalue weighted by Gasteiger charge is 2.30. The van der Waals surface area contributed by atoms with Crippen molar-refractivity contribution in [3.63, 3.8) is 0 Å². The summed E-state index contributed by atoms with van der Waals surface area (Å²) in [5.41, 5.74) is 2.36. The van der Waals surface area contributed by atoms with Crippen LogP contribution in [-0.2, 0) is 4.79 Å². The molecule has 104 valence electrons. The van der Waals surface area contributed by atoms with Crippen molar-refractivity contribution >= 4 is 23.4 Å². The van der Waals surface area contributed by atoms with Crippen molar-refractivity contribution in [2.24, 2.45) is 0 Å². The number of hydrogen-bond donors (Lipinski definition) is 2. The maximum atomic E-state index is 10.9. The molecule has 0 spiro atoms. The molecule has 1 aromatic carbocycles. The molecule has 1 aliphatic heterocycles. The van der Waals surface area contributed by atoms with Crippen molar-refractivity contribution < 1.29 is 9.90 Å². The summed E-state index contributed by atoms with van der Waals surface area (Å²) in [7, 11) is 0. The lowest BCUT2D eigenvalue weighted by molar-refractivity contribution is -0.138. The van der Waals surface area contributed by atoms with Gasteiger partial charge in [-0.05, 0) is 31.5 Å². The summed E-state index contributed by atoms with van der Waals surface area (Å²) in [6.45, 7) is 6.27. The van der Waals surface area contributed by atoms with Crippen molar-refractivity contribution in [1.82, 2.24) is 5.32 Å². The molecule has 5 heteroatoms. The predicted molar refractivity (Wildman–Crippen MR) is 79.8 cm³/mol. The van der Waals surface area contributed by atoms with E-state index in [2.05, 4.69) is 48.3 Å². The van der Waals surface area contributed by atoms with Crippen LogP contribution in [0.5, 0.6) is 0 Å². The first kappa shape index (κ1) is 14.2. The van der Waals surface area contributed by atoms with E-state index in [9.17, 15) is 4.79 Å². The number of aliphatic carboxylic acids is 1. The Morgan fingerprint density at radius 1 is 1.37 bits per heavy atom. The second kappa shape index (κ2) is 6.30. The molecule has 0 radical (unpaired) electrons. The van der Waals surface area contributed by atoms with Crippen LogP contribution < -0.4 is 10.2 Å². The van der Waals surface area contributed by atoms with E-state index in [1.54, 1.807) is 11.8 Å². The number of thioether (sulfide) groups is 1. The largest absolute Gasteiger partial charge is 0.480 e. The van der Waals surface area contributed by atoms with Gasteiger partial charge in [-0.25, -0.2) is 0 Å². The SMILES string of the molecule is CCN(CC)c1ccc(C2NC(C(=O)O)CS2)cc1. The molecule has 0 aromatic heterocycles. The number of carboxylic acid groups (broad SMARTS) is 1. The Kier molecular flexibility index (Phi) is 4.71. The van der Waals surface area contributed by atoms with Crippen LogP contribution in [0.1, 0.15) is 24.8 Å². The van der Waals surface area contributed by atoms with Crippen molar-refractivity contribution in [2.45, 2.75) is 25.3 Å². The Morgan fingerprint density at radius 2 is 2.00 bits per heavy atom. The molecule has 1 aliphatic rings. The Hall–Kier alpha value is -1.20. The Labute approximate surface area is 118 Å². The van der Waals surface area contributed by atoms with E-state index in [1.165, 1.54) is 5.69 Å². The highest BCUT2D eigenvalue weighted by atomic mass is 32.2. The zero-order chi connectivity index (χ0) is 13.8. The Balaban J connectivity index is 2.05. The quantitative estimate of drug-likeness (QED) is 0.867. The third-order valence-electron chi connectivity index (χ3n) is 3.40. The summed E-state index contributed by atoms with van der Waals surface area (Å²) in [5, 5.41) is 12.2. The molecule has 2 rings (SSSR count). The number of carbonyl (C=O) groups is 1. The lowest BCUT2D eigenvalue weighted by Crippen LogP contribution is -2.33. The first-order valence-corrected chi connectivity index (χ1v) is 7.66. The van der Waals surface area contributed by atoms with Crippen LogP contribution in [0.4, 0.5) is 5.69 Å². The van der Waals surface area contributed by atoms with E-state index in [1.807, 2.05) is 0 Å². The average Bonchev–Trinajstić information content (AvgIpc) is 2.91. The molecule has 2 atom stereocenters. The molecule has 0 amide bonds. The molecule has 0 aliphatic carbocycles. The van der Waals surface area contributed by atoms with Crippen LogP contribution in [0.2, 0.25) is 0 Å². The lowest BCUT2D eigenvalue weighted by atomic mass is 10.2. The number of carboxylic acids is 1. The molecule has 4 nitrogen and oxygen atoms in total. The fourth-order valence-electron chi connectivity index (χ4n) is 2.26. The van der Waals surface area contributed by atoms with Crippen LogP contribution in [0, 0.1) is 0 Å². The van der Waals surface area contributed by atoms with Crippen LogP contribution in [0.15, 0.2) is 24.3 Å². The maximum Gasteiger partial charge on any atom is 0.321 e. The van der Waals surface area contributed by atoms with Gasteiger partial charge in [0.1, 0.15) is 6.04 Å². The zero-order valence-corrected chi connectivity index (χ0v) is 12.1. The topological polar surface area (TPSA) is 52.6 Å². The molecule has 1 saturated heterocycles. The highest BCUT2D eigenvalue weighted by Crippen LogP contribution is 2.33. The number of nitrogens with one attached hydrogen (secondary N) is 1. The van der Waals surface area contributed by atoms with Crippen molar-refractivity contribution in [2.75, 3.05) is 23.7 Å². The Bertz CT molecular complexity index is 432. The molecule has 19 heavy (non-hydrogen) atoms. The minimum absolute atomic E-state index is 0.0897. The van der Waals surface area contributed by atoms with Gasteiger partial charge in [0.05, 0.1) is 5.37 Å². The van der Waals surface area contributed by atoms with Crippen LogP contribution >= 0.6 is 11.8 Å². The summed E-state index contributed by atoms with van der Waals surface area (Å²) >= 11 is 1.65. The zero-order valence-electron chi connectivity index (χ0n) is 11.3. The standard InChI is InChI=1S/C14H20N2O2S/c1-3-16(4-2)11-7-5-10(6-8-11)13-15-12(9-19-13)14(17)18/h5-8,12-13,15H,3-4,9H2,1-2H3,(H,17,18). The highest BCUT2D eigenvalue weighted by molar-refractivity contribution is 7.99. The summed E-state index contributed by atoms with van der Waals surface area (Å²) in [4.78, 5) is 13.2. The molecular weight excluding hydrogens is 260 g/mol. The van der Waals surface area contributed by atoms with E-state index in [0.717, 1.165) is 18.7 Å². The van der Waals surface area contributed by atoms with Gasteiger partial charge in [-0.1, -0.05) is 12.1 Å². The second-order valence-electron chi connectivity index (χ2n) is 4.53. The van der Waals surface area contributed by atoms with E-state index in [-0.39, 0.29) is 5.37 Å². The van der Waals surface area contributed by atoms with Gasteiger partial charge >= 0.3 is 5.97 Å². The normalized spacial score (nSPS) is 22.4. The molecule has 0 saturated carbocycles. The summed E-state index contributed by atoms with van der Waals surface area (Å²) < 4.78 is 0. The molecule has 0 bridgehead atoms. The predicted octanol–water partition coefficient (Wildman–Crippen LogP) is 2.32. The number of benzene rings is 1. The minimum Gasteiger partial charge on any atom is -0.480 e. The summed E-state index contributed by atoms with van der Waals surface area (Å²) in [6, 6.07) is 7.96. The van der Waals surface area contributed by atoms with Crippen molar-refractivity contribution in [3.05, 3.63) is 29.8 Å². The first-order valence-electron chi connectivity index (χ1n) is 6.61. The van der Waals surface area contributed by atoms with Crippen molar-refractivity contribution in [1.29, 1.82) is 0 Å². The Morgan fingerprint density at radius 3 is 2.47 bits per heavy atom. The molecule has 2 N–H and O–H groups in total. The fourth-order valence-corrected chi connectivity index (χ4v) is 3.49. The lowest BCUT2D eigenvalue weighted by Gasteiger charge is -2.21. The number of anilines is 1. The number of nitrogens with zero attached hydrogens (tertiary/aromatic N) is 1. The first-order chi connectivity index (χ1) is 9.15. The minimum atomic E-state index is -0.769. The van der Waals surface area contributed by atoms with Gasteiger partial charge in [0.15, 0.2) is 0 Å². The van der Waals surface area contributed by atoms with Crippen LogP contribution in [-0.4, -0.2) is 36.0 Å². The van der Waals surface area contributed by atoms with Gasteiger partial charge in [0, 0.05) is 24.5 Å². The third-order valence-corrected chi connectivity index (χ3v) is 4.67. The van der Waals surface area contributed by atoms with Gasteiger partial charge in [-0.2, -0.15) is 0 Å². The molecule has 1 aromatic rings. The van der Waals surface area contributed by atoms with E-state index >= 15 is 0 Å². The maximum absolute atomic E-state index is 10.9. The second-order valence-corrected chi connectivity index (χ2v) is 5.67. The molecule has 2 unspecified atom stereocenters. The van der Waals surface area contributed by atoms with E-state index in [0.29, 0.717) is 5.75 Å². The molecular formula is C14H20N2O2S. The monoisotopic (exact) mass is 280 g/mol. The van der Waals surface area contributed by atoms with E-state index < -0.39 is 12.0 Å². The van der Waals surface area contributed by atoms with Gasteiger partial charge in [0.2, 0.25) is 0 Å². The smallest absolute Gasteiger partial charge is 0.321 e. The van der Waals surface area contributed by atoms with Gasteiger partial charge in [-0.15, -0.1) is 11.8 Å². The number of hydrogen-bond acceptors (Lipinski definition) is 4. The van der Waals surface area contributed by atoms with Crippen LogP contribution in [0.3, 0.4) is 0 Å². The summed E-state index contributed by atoms with van der Waals surface area (Å²) in [5.74, 6) is -0.146. The molecule has 1 heterocycles. The average molecular weight is 280 g/mol. The van der Waals surface area contributed by atoms with Gasteiger partial charge < -0.3 is 10.0 Å². The molecule has 1 fully saturated rings. The van der Waals surface area contributed by atoms with Crippen molar-refractivity contribution in [3.8, 4) is 0 Å². The van der Waals surface area contributed by atoms with Gasteiger partial charge in [-0.3, -0.25) is 10.1 Å². The fraction of sp³-hybridized carbons (Fsp3) is 0.500. The van der Waals surface area contributed by atoms with E-state index in [4.69, 9.17) is 5.11 Å². The van der Waals surface area contributed by atoms with Crippen LogP contribution in [0.25, 0.3) is 0 Å².